The van der Waals surface area contributed by atoms with Gasteiger partial charge < -0.3 is 4.90 Å². The van der Waals surface area contributed by atoms with Gasteiger partial charge >= 0.3 is 21.7 Å². The summed E-state index contributed by atoms with van der Waals surface area (Å²) in [5.74, 6) is -0.571. The summed E-state index contributed by atoms with van der Waals surface area (Å²) >= 11 is -0.304. The molecule has 14 heteroatoms. The Morgan fingerprint density at radius 1 is 0.972 bits per heavy atom. The van der Waals surface area contributed by atoms with Gasteiger partial charge in [0.15, 0.2) is 0 Å². The highest BCUT2D eigenvalue weighted by Gasteiger charge is 2.37. The van der Waals surface area contributed by atoms with Crippen LogP contribution in [-0.4, -0.2) is 42.3 Å². The quantitative estimate of drug-likeness (QED) is 0.325. The predicted molar refractivity (Wildman–Crippen MR) is 128 cm³/mol. The van der Waals surface area contributed by atoms with Crippen LogP contribution in [0.15, 0.2) is 78.0 Å². The highest BCUT2D eigenvalue weighted by Crippen LogP contribution is 2.37. The first kappa shape index (κ1) is 25.3. The van der Waals surface area contributed by atoms with Crippen LogP contribution in [0.5, 0.6) is 0 Å². The van der Waals surface area contributed by atoms with E-state index < -0.39 is 27.7 Å². The summed E-state index contributed by atoms with van der Waals surface area (Å²) in [7, 11) is -4.04. The molecule has 2 aromatic carbocycles. The lowest BCUT2D eigenvalue weighted by atomic mass is 10.2. The number of benzene rings is 2. The second kappa shape index (κ2) is 10.1. The fourth-order valence-corrected chi connectivity index (χ4v) is 4.92. The van der Waals surface area contributed by atoms with Gasteiger partial charge in [-0.15, -0.1) is 0 Å². The van der Waals surface area contributed by atoms with E-state index in [0.717, 1.165) is 4.90 Å². The fraction of sp³-hybridized carbons (Fsp3) is 0.136. The molecule has 9 nitrogen and oxygen atoms in total. The first-order valence-corrected chi connectivity index (χ1v) is 12.6. The molecule has 0 radical (unpaired) electrons. The molecule has 0 aliphatic carbocycles. The Morgan fingerprint density at radius 3 is 2.33 bits per heavy atom. The molecule has 1 aliphatic rings. The number of pyridine rings is 1. The summed E-state index contributed by atoms with van der Waals surface area (Å²) < 4.78 is 67.5. The standard InChI is InChI=1S/C22H18F3N5O4S2/c23-22(24,25)35-18-8-6-17(7-9-18)30-20(31)14-29(21(30)32)13-15-10-11-26-12-19(15)28-36(33,34)27-16-4-2-1-3-5-16/h1-12,27-28H,13-14H2. The minimum Gasteiger partial charge on any atom is -0.310 e. The number of rotatable bonds is 8. The van der Waals surface area contributed by atoms with Crippen LogP contribution in [0, 0.1) is 0 Å². The van der Waals surface area contributed by atoms with Gasteiger partial charge in [0.1, 0.15) is 6.54 Å². The maximum Gasteiger partial charge on any atom is 0.446 e. The third-order valence-corrected chi connectivity index (χ3v) is 6.64. The molecule has 0 spiro atoms. The van der Waals surface area contributed by atoms with Gasteiger partial charge in [0.05, 0.1) is 29.8 Å². The SMILES string of the molecule is O=C1CN(Cc2ccncc2NS(=O)(=O)Nc2ccccc2)C(=O)N1c1ccc(SC(F)(F)F)cc1. The lowest BCUT2D eigenvalue weighted by Crippen LogP contribution is -2.33. The maximum atomic E-state index is 13.0. The molecule has 0 bridgehead atoms. The first-order valence-electron chi connectivity index (χ1n) is 10.3. The summed E-state index contributed by atoms with van der Waals surface area (Å²) in [6.07, 6.45) is 2.69. The van der Waals surface area contributed by atoms with Gasteiger partial charge in [-0.25, -0.2) is 9.69 Å². The zero-order valence-corrected chi connectivity index (χ0v) is 19.9. The Kier molecular flexibility index (Phi) is 7.08. The number of aromatic nitrogens is 1. The van der Waals surface area contributed by atoms with Crippen molar-refractivity contribution in [1.29, 1.82) is 0 Å². The number of para-hydroxylation sites is 1. The number of carbonyl (C=O) groups is 2. The number of nitrogens with zero attached hydrogens (tertiary/aromatic N) is 3. The van der Waals surface area contributed by atoms with Gasteiger partial charge in [0, 0.05) is 11.1 Å². The Hall–Kier alpha value is -3.78. The van der Waals surface area contributed by atoms with Crippen LogP contribution in [0.4, 0.5) is 35.0 Å². The third kappa shape index (κ3) is 6.26. The van der Waals surface area contributed by atoms with E-state index in [4.69, 9.17) is 0 Å². The lowest BCUT2D eigenvalue weighted by Gasteiger charge is -2.19. The van der Waals surface area contributed by atoms with Gasteiger partial charge in [0.25, 0.3) is 5.91 Å². The summed E-state index contributed by atoms with van der Waals surface area (Å²) in [5, 5.41) is 0. The molecule has 0 atom stereocenters. The van der Waals surface area contributed by atoms with E-state index >= 15 is 0 Å². The number of imide groups is 1. The van der Waals surface area contributed by atoms with Crippen molar-refractivity contribution in [3.8, 4) is 0 Å². The smallest absolute Gasteiger partial charge is 0.310 e. The lowest BCUT2D eigenvalue weighted by molar-refractivity contribution is -0.116. The highest BCUT2D eigenvalue weighted by molar-refractivity contribution is 8.00. The second-order valence-electron chi connectivity index (χ2n) is 7.52. The van der Waals surface area contributed by atoms with E-state index in [1.54, 1.807) is 30.3 Å². The molecule has 1 fully saturated rings. The molecule has 3 aromatic rings. The molecule has 1 aliphatic heterocycles. The summed E-state index contributed by atoms with van der Waals surface area (Å²) in [6.45, 7) is -0.413. The minimum absolute atomic E-state index is 0.0833. The molecule has 2 N–H and O–H groups in total. The Bertz CT molecular complexity index is 1370. The number of halogens is 3. The monoisotopic (exact) mass is 537 g/mol. The second-order valence-corrected chi connectivity index (χ2v) is 10.1. The zero-order chi connectivity index (χ0) is 25.9. The summed E-state index contributed by atoms with van der Waals surface area (Å²) in [5.41, 5.74) is -3.51. The highest BCUT2D eigenvalue weighted by atomic mass is 32.2. The zero-order valence-electron chi connectivity index (χ0n) is 18.3. The minimum atomic E-state index is -4.46. The first-order chi connectivity index (χ1) is 17.0. The van der Waals surface area contributed by atoms with Crippen molar-refractivity contribution in [2.24, 2.45) is 0 Å². The average molecular weight is 538 g/mol. The summed E-state index contributed by atoms with van der Waals surface area (Å²) in [6, 6.07) is 13.9. The van der Waals surface area contributed by atoms with Crippen LogP contribution in [0.3, 0.4) is 0 Å². The van der Waals surface area contributed by atoms with Crippen LogP contribution in [0.1, 0.15) is 5.56 Å². The van der Waals surface area contributed by atoms with Gasteiger partial charge in [-0.3, -0.25) is 19.2 Å². The molecule has 188 valence electrons. The van der Waals surface area contributed by atoms with Crippen LogP contribution in [0.2, 0.25) is 0 Å². The van der Waals surface area contributed by atoms with Crippen molar-refractivity contribution < 1.29 is 31.2 Å². The third-order valence-electron chi connectivity index (χ3n) is 4.91. The van der Waals surface area contributed by atoms with Gasteiger partial charge in [0.2, 0.25) is 0 Å². The normalized spacial score (nSPS) is 14.3. The number of thioether (sulfide) groups is 1. The van der Waals surface area contributed by atoms with E-state index in [1.807, 2.05) is 0 Å². The van der Waals surface area contributed by atoms with Crippen molar-refractivity contribution in [3.63, 3.8) is 0 Å². The van der Waals surface area contributed by atoms with E-state index in [9.17, 15) is 31.2 Å². The number of amides is 3. The van der Waals surface area contributed by atoms with Crippen molar-refractivity contribution in [2.75, 3.05) is 20.9 Å². The Morgan fingerprint density at radius 2 is 1.67 bits per heavy atom. The Balaban J connectivity index is 1.48. The van der Waals surface area contributed by atoms with E-state index in [0.29, 0.717) is 11.3 Å². The van der Waals surface area contributed by atoms with Crippen LogP contribution in [0.25, 0.3) is 0 Å². The van der Waals surface area contributed by atoms with Gasteiger partial charge in [-0.1, -0.05) is 18.2 Å². The topological polar surface area (TPSA) is 112 Å². The molecule has 0 unspecified atom stereocenters. The molecule has 36 heavy (non-hydrogen) atoms. The van der Waals surface area contributed by atoms with E-state index in [-0.39, 0.29) is 41.1 Å². The molecule has 1 saturated heterocycles. The van der Waals surface area contributed by atoms with Crippen molar-refractivity contribution >= 4 is 51.0 Å². The molecule has 3 amide bonds. The number of hydrogen-bond donors (Lipinski definition) is 2. The number of anilines is 3. The molecular weight excluding hydrogens is 519 g/mol. The number of alkyl halides is 3. The maximum absolute atomic E-state index is 13.0. The summed E-state index contributed by atoms with van der Waals surface area (Å²) in [4.78, 5) is 31.4. The van der Waals surface area contributed by atoms with E-state index in [2.05, 4.69) is 14.4 Å². The van der Waals surface area contributed by atoms with Crippen LogP contribution >= 0.6 is 11.8 Å². The number of hydrogen-bond acceptors (Lipinski definition) is 6. The average Bonchev–Trinajstić information content (AvgIpc) is 3.07. The van der Waals surface area contributed by atoms with Crippen LogP contribution < -0.4 is 14.3 Å². The molecule has 0 saturated carbocycles. The number of urea groups is 1. The molecule has 4 rings (SSSR count). The molecule has 2 heterocycles. The predicted octanol–water partition coefficient (Wildman–Crippen LogP) is 4.43. The van der Waals surface area contributed by atoms with Gasteiger partial charge in [-0.05, 0) is 59.8 Å². The largest absolute Gasteiger partial charge is 0.446 e. The van der Waals surface area contributed by atoms with Crippen molar-refractivity contribution in [1.82, 2.24) is 9.88 Å². The van der Waals surface area contributed by atoms with E-state index in [1.165, 1.54) is 47.6 Å². The molecular formula is C22H18F3N5O4S2. The number of carbonyl (C=O) groups excluding carboxylic acids is 2. The van der Waals surface area contributed by atoms with Crippen molar-refractivity contribution in [2.45, 2.75) is 16.9 Å². The fourth-order valence-electron chi connectivity index (χ4n) is 3.41. The molecule has 1 aromatic heterocycles. The van der Waals surface area contributed by atoms with Gasteiger partial charge in [-0.2, -0.15) is 21.6 Å². The Labute approximate surface area is 208 Å². The number of nitrogens with one attached hydrogen (secondary N) is 2. The van der Waals surface area contributed by atoms with Crippen LogP contribution in [-0.2, 0) is 21.5 Å². The van der Waals surface area contributed by atoms with Crippen molar-refractivity contribution in [3.05, 3.63) is 78.6 Å².